The fourth-order valence-corrected chi connectivity index (χ4v) is 2.21. The van der Waals surface area contributed by atoms with Crippen molar-refractivity contribution in [1.29, 1.82) is 0 Å². The van der Waals surface area contributed by atoms with E-state index in [1.54, 1.807) is 7.11 Å². The summed E-state index contributed by atoms with van der Waals surface area (Å²) in [5, 5.41) is 3.28. The Hall–Kier alpha value is -1.71. The number of hydrogen-bond donors (Lipinski definition) is 1. The average molecular weight is 249 g/mol. The van der Waals surface area contributed by atoms with Gasteiger partial charge < -0.3 is 14.8 Å². The predicted molar refractivity (Wildman–Crippen MR) is 70.0 cm³/mol. The lowest BCUT2D eigenvalue weighted by Crippen LogP contribution is -2.47. The largest absolute Gasteiger partial charge is 0.497 e. The van der Waals surface area contributed by atoms with E-state index >= 15 is 0 Å². The van der Waals surface area contributed by atoms with Crippen LogP contribution in [0.15, 0.2) is 18.2 Å². The molecule has 0 radical (unpaired) electrons. The van der Waals surface area contributed by atoms with Crippen LogP contribution in [0.3, 0.4) is 0 Å². The number of hydrogen-bond acceptors (Lipinski definition) is 4. The van der Waals surface area contributed by atoms with Gasteiger partial charge in [-0.2, -0.15) is 0 Å². The van der Waals surface area contributed by atoms with E-state index in [0.29, 0.717) is 6.61 Å². The SMILES string of the molecule is CCOC(=O)C1(C)CCc2cc(OC)ccc2N1. The standard InChI is InChI=1S/C14H19NO3/c1-4-18-13(16)14(2)8-7-10-9-11(17-3)5-6-12(10)15-14/h5-6,9,15H,4,7-8H2,1-3H3. The van der Waals surface area contributed by atoms with Crippen LogP contribution in [0.2, 0.25) is 0 Å². The maximum Gasteiger partial charge on any atom is 0.331 e. The molecule has 0 aliphatic carbocycles. The van der Waals surface area contributed by atoms with Crippen LogP contribution in [0.1, 0.15) is 25.8 Å². The van der Waals surface area contributed by atoms with Gasteiger partial charge in [-0.25, -0.2) is 4.79 Å². The second kappa shape index (κ2) is 4.88. The Bertz CT molecular complexity index is 458. The van der Waals surface area contributed by atoms with Crippen LogP contribution in [-0.2, 0) is 16.0 Å². The lowest BCUT2D eigenvalue weighted by atomic mass is 9.87. The summed E-state index contributed by atoms with van der Waals surface area (Å²) in [5.74, 6) is 0.654. The molecule has 0 amide bonds. The summed E-state index contributed by atoms with van der Waals surface area (Å²) >= 11 is 0. The molecule has 0 saturated carbocycles. The van der Waals surface area contributed by atoms with Crippen molar-refractivity contribution in [3.05, 3.63) is 23.8 Å². The first-order valence-electron chi connectivity index (χ1n) is 6.21. The van der Waals surface area contributed by atoms with Crippen LogP contribution in [0, 0.1) is 0 Å². The molecule has 1 N–H and O–H groups in total. The molecule has 0 bridgehead atoms. The van der Waals surface area contributed by atoms with Crippen molar-refractivity contribution in [1.82, 2.24) is 0 Å². The maximum atomic E-state index is 11.9. The van der Waals surface area contributed by atoms with E-state index in [-0.39, 0.29) is 5.97 Å². The third-order valence-electron chi connectivity index (χ3n) is 3.34. The molecule has 4 heteroatoms. The van der Waals surface area contributed by atoms with Gasteiger partial charge in [0.2, 0.25) is 0 Å². The molecule has 0 fully saturated rings. The third kappa shape index (κ3) is 2.28. The minimum Gasteiger partial charge on any atom is -0.497 e. The highest BCUT2D eigenvalue weighted by Crippen LogP contribution is 2.33. The molecule has 0 saturated heterocycles. The molecule has 1 aromatic rings. The fraction of sp³-hybridized carbons (Fsp3) is 0.500. The summed E-state index contributed by atoms with van der Waals surface area (Å²) in [6.07, 6.45) is 1.57. The summed E-state index contributed by atoms with van der Waals surface area (Å²) < 4.78 is 10.3. The van der Waals surface area contributed by atoms with Gasteiger partial charge in [0, 0.05) is 5.69 Å². The zero-order valence-electron chi connectivity index (χ0n) is 11.1. The highest BCUT2D eigenvalue weighted by Gasteiger charge is 2.37. The summed E-state index contributed by atoms with van der Waals surface area (Å²) in [7, 11) is 1.65. The van der Waals surface area contributed by atoms with Crippen molar-refractivity contribution in [2.24, 2.45) is 0 Å². The number of nitrogens with one attached hydrogen (secondary N) is 1. The van der Waals surface area contributed by atoms with Crippen molar-refractivity contribution >= 4 is 11.7 Å². The number of esters is 1. The molecule has 1 unspecified atom stereocenters. The first-order chi connectivity index (χ1) is 8.59. The Labute approximate surface area is 107 Å². The predicted octanol–water partition coefficient (Wildman–Crippen LogP) is 2.38. The van der Waals surface area contributed by atoms with Crippen molar-refractivity contribution in [2.45, 2.75) is 32.2 Å². The molecule has 1 atom stereocenters. The first kappa shape index (κ1) is 12.7. The third-order valence-corrected chi connectivity index (χ3v) is 3.34. The number of ether oxygens (including phenoxy) is 2. The number of aryl methyl sites for hydroxylation is 1. The van der Waals surface area contributed by atoms with Gasteiger partial charge in [-0.1, -0.05) is 0 Å². The molecular weight excluding hydrogens is 230 g/mol. The molecule has 0 aromatic heterocycles. The molecule has 1 aliphatic heterocycles. The van der Waals surface area contributed by atoms with Gasteiger partial charge in [0.1, 0.15) is 11.3 Å². The van der Waals surface area contributed by atoms with Crippen molar-refractivity contribution in [3.8, 4) is 5.75 Å². The summed E-state index contributed by atoms with van der Waals surface area (Å²) in [6, 6.07) is 5.85. The Morgan fingerprint density at radius 1 is 1.50 bits per heavy atom. The van der Waals surface area contributed by atoms with E-state index in [9.17, 15) is 4.79 Å². The highest BCUT2D eigenvalue weighted by molar-refractivity contribution is 5.85. The quantitative estimate of drug-likeness (QED) is 0.835. The zero-order chi connectivity index (χ0) is 13.2. The Morgan fingerprint density at radius 3 is 2.94 bits per heavy atom. The minimum absolute atomic E-state index is 0.188. The average Bonchev–Trinajstić information content (AvgIpc) is 2.38. The lowest BCUT2D eigenvalue weighted by Gasteiger charge is -2.34. The number of rotatable bonds is 3. The number of methoxy groups -OCH3 is 1. The second-order valence-corrected chi connectivity index (χ2v) is 4.70. The van der Waals surface area contributed by atoms with E-state index in [1.807, 2.05) is 32.0 Å². The van der Waals surface area contributed by atoms with Gasteiger partial charge >= 0.3 is 5.97 Å². The molecule has 98 valence electrons. The van der Waals surface area contributed by atoms with Crippen molar-refractivity contribution in [2.75, 3.05) is 19.0 Å². The molecule has 4 nitrogen and oxygen atoms in total. The molecule has 1 heterocycles. The van der Waals surface area contributed by atoms with E-state index in [1.165, 1.54) is 5.56 Å². The zero-order valence-corrected chi connectivity index (χ0v) is 11.1. The van der Waals surface area contributed by atoms with Crippen LogP contribution >= 0.6 is 0 Å². The number of fused-ring (bicyclic) bond motifs is 1. The topological polar surface area (TPSA) is 47.6 Å². The molecule has 1 aliphatic rings. The highest BCUT2D eigenvalue weighted by atomic mass is 16.5. The van der Waals surface area contributed by atoms with Crippen molar-refractivity contribution < 1.29 is 14.3 Å². The lowest BCUT2D eigenvalue weighted by molar-refractivity contribution is -0.148. The van der Waals surface area contributed by atoms with Gasteiger partial charge in [-0.15, -0.1) is 0 Å². The number of carbonyl (C=O) groups excluding carboxylic acids is 1. The first-order valence-corrected chi connectivity index (χ1v) is 6.21. The smallest absolute Gasteiger partial charge is 0.331 e. The fourth-order valence-electron chi connectivity index (χ4n) is 2.21. The van der Waals surface area contributed by atoms with E-state index in [2.05, 4.69) is 5.32 Å². The number of benzene rings is 1. The van der Waals surface area contributed by atoms with Crippen LogP contribution in [-0.4, -0.2) is 25.2 Å². The van der Waals surface area contributed by atoms with Gasteiger partial charge in [0.05, 0.1) is 13.7 Å². The van der Waals surface area contributed by atoms with Crippen molar-refractivity contribution in [3.63, 3.8) is 0 Å². The normalized spacial score (nSPS) is 21.7. The molecular formula is C14H19NO3. The second-order valence-electron chi connectivity index (χ2n) is 4.70. The Balaban J connectivity index is 2.22. The molecule has 1 aromatic carbocycles. The Kier molecular flexibility index (Phi) is 3.45. The molecule has 18 heavy (non-hydrogen) atoms. The number of carbonyl (C=O) groups is 1. The molecule has 0 spiro atoms. The van der Waals surface area contributed by atoms with E-state index < -0.39 is 5.54 Å². The van der Waals surface area contributed by atoms with Crippen LogP contribution in [0.25, 0.3) is 0 Å². The van der Waals surface area contributed by atoms with Gasteiger partial charge in [-0.3, -0.25) is 0 Å². The van der Waals surface area contributed by atoms with Gasteiger partial charge in [0.25, 0.3) is 0 Å². The Morgan fingerprint density at radius 2 is 2.28 bits per heavy atom. The van der Waals surface area contributed by atoms with Crippen LogP contribution < -0.4 is 10.1 Å². The molecule has 2 rings (SSSR count). The van der Waals surface area contributed by atoms with Crippen LogP contribution in [0.4, 0.5) is 5.69 Å². The van der Waals surface area contributed by atoms with Gasteiger partial charge in [-0.05, 0) is 50.5 Å². The monoisotopic (exact) mass is 249 g/mol. The number of anilines is 1. The summed E-state index contributed by atoms with van der Waals surface area (Å²) in [4.78, 5) is 11.9. The van der Waals surface area contributed by atoms with Crippen LogP contribution in [0.5, 0.6) is 5.75 Å². The maximum absolute atomic E-state index is 11.9. The van der Waals surface area contributed by atoms with E-state index in [4.69, 9.17) is 9.47 Å². The minimum atomic E-state index is -0.627. The van der Waals surface area contributed by atoms with E-state index in [0.717, 1.165) is 24.3 Å². The van der Waals surface area contributed by atoms with Gasteiger partial charge in [0.15, 0.2) is 0 Å². The summed E-state index contributed by atoms with van der Waals surface area (Å²) in [5.41, 5.74) is 1.53. The summed E-state index contributed by atoms with van der Waals surface area (Å²) in [6.45, 7) is 4.12.